The molecule has 4 nitrogen and oxygen atoms in total. The van der Waals surface area contributed by atoms with Crippen LogP contribution in [0.25, 0.3) is 0 Å². The summed E-state index contributed by atoms with van der Waals surface area (Å²) in [6.07, 6.45) is 4.50. The minimum absolute atomic E-state index is 0.367. The molecule has 0 saturated heterocycles. The van der Waals surface area contributed by atoms with Crippen LogP contribution in [0.1, 0.15) is 28.4 Å². The van der Waals surface area contributed by atoms with Gasteiger partial charge in [-0.2, -0.15) is 0 Å². The fourth-order valence-electron chi connectivity index (χ4n) is 1.95. The lowest BCUT2D eigenvalue weighted by molar-refractivity contribution is 0.589. The molecule has 0 amide bonds. The number of halogens is 1. The van der Waals surface area contributed by atoms with E-state index in [1.165, 1.54) is 6.07 Å². The zero-order valence-electron chi connectivity index (χ0n) is 10.3. The molecule has 0 aliphatic heterocycles. The van der Waals surface area contributed by atoms with Gasteiger partial charge >= 0.3 is 0 Å². The van der Waals surface area contributed by atoms with E-state index in [0.29, 0.717) is 5.56 Å². The molecule has 94 valence electrons. The third-order valence-corrected chi connectivity index (χ3v) is 2.75. The second-order valence-corrected chi connectivity index (χ2v) is 4.25. The number of hydrogen-bond donors (Lipinski definition) is 2. The molecule has 5 heteroatoms. The number of pyridine rings is 2. The third kappa shape index (κ3) is 2.52. The number of nitrogens with two attached hydrogens (primary N) is 1. The maximum Gasteiger partial charge on any atom is 0.141 e. The van der Waals surface area contributed by atoms with E-state index in [1.807, 2.05) is 19.9 Å². The van der Waals surface area contributed by atoms with Crippen molar-refractivity contribution in [2.75, 3.05) is 0 Å². The first kappa shape index (κ1) is 12.6. The molecule has 0 spiro atoms. The molecular weight excluding hydrogens is 231 g/mol. The molecular formula is C13H15FN4. The Morgan fingerprint density at radius 2 is 2.00 bits per heavy atom. The lowest BCUT2D eigenvalue weighted by Crippen LogP contribution is -2.30. The van der Waals surface area contributed by atoms with E-state index in [1.54, 1.807) is 12.4 Å². The van der Waals surface area contributed by atoms with Gasteiger partial charge in [-0.15, -0.1) is 0 Å². The molecule has 0 radical (unpaired) electrons. The second-order valence-electron chi connectivity index (χ2n) is 4.25. The van der Waals surface area contributed by atoms with Crippen LogP contribution < -0.4 is 11.3 Å². The summed E-state index contributed by atoms with van der Waals surface area (Å²) in [4.78, 5) is 8.19. The summed E-state index contributed by atoms with van der Waals surface area (Å²) in [5.41, 5.74) is 6.15. The van der Waals surface area contributed by atoms with Crippen molar-refractivity contribution in [3.05, 3.63) is 58.9 Å². The van der Waals surface area contributed by atoms with Gasteiger partial charge in [0.2, 0.25) is 0 Å². The fourth-order valence-corrected chi connectivity index (χ4v) is 1.95. The zero-order chi connectivity index (χ0) is 13.1. The molecule has 1 atom stereocenters. The van der Waals surface area contributed by atoms with Crippen LogP contribution in [0.5, 0.6) is 0 Å². The van der Waals surface area contributed by atoms with Gasteiger partial charge in [0, 0.05) is 12.4 Å². The molecule has 2 heterocycles. The van der Waals surface area contributed by atoms with Crippen molar-refractivity contribution >= 4 is 0 Å². The quantitative estimate of drug-likeness (QED) is 0.640. The molecule has 2 aromatic heterocycles. The maximum absolute atomic E-state index is 13.2. The Morgan fingerprint density at radius 3 is 2.61 bits per heavy atom. The molecule has 0 fully saturated rings. The summed E-state index contributed by atoms with van der Waals surface area (Å²) in [6.45, 7) is 3.92. The van der Waals surface area contributed by atoms with Crippen LogP contribution in [0.15, 0.2) is 30.7 Å². The summed E-state index contributed by atoms with van der Waals surface area (Å²) >= 11 is 0. The third-order valence-electron chi connectivity index (χ3n) is 2.75. The first-order valence-corrected chi connectivity index (χ1v) is 5.61. The average molecular weight is 246 g/mol. The normalized spacial score (nSPS) is 12.4. The molecule has 0 saturated carbocycles. The molecule has 2 aromatic rings. The molecule has 3 N–H and O–H groups in total. The Balaban J connectivity index is 2.45. The Labute approximate surface area is 105 Å². The first-order chi connectivity index (χ1) is 8.61. The number of hydrogen-bond acceptors (Lipinski definition) is 4. The highest BCUT2D eigenvalue weighted by molar-refractivity contribution is 5.32. The number of nitrogens with one attached hydrogen (secondary N) is 1. The number of aryl methyl sites for hydroxylation is 2. The summed E-state index contributed by atoms with van der Waals surface area (Å²) < 4.78 is 13.2. The highest BCUT2D eigenvalue weighted by Crippen LogP contribution is 2.22. The van der Waals surface area contributed by atoms with Crippen LogP contribution >= 0.6 is 0 Å². The van der Waals surface area contributed by atoms with Crippen LogP contribution in [-0.2, 0) is 0 Å². The summed E-state index contributed by atoms with van der Waals surface area (Å²) in [6, 6.07) is 3.05. The largest absolute Gasteiger partial charge is 0.271 e. The monoisotopic (exact) mass is 246 g/mol. The number of aromatic nitrogens is 2. The molecule has 0 aliphatic carbocycles. The van der Waals surface area contributed by atoms with E-state index in [-0.39, 0.29) is 6.04 Å². The Hall–Kier alpha value is -1.85. The Bertz CT molecular complexity index is 556. The van der Waals surface area contributed by atoms with Gasteiger partial charge < -0.3 is 0 Å². The second kappa shape index (κ2) is 5.20. The van der Waals surface area contributed by atoms with Gasteiger partial charge in [-0.25, -0.2) is 9.82 Å². The lowest BCUT2D eigenvalue weighted by Gasteiger charge is -2.17. The maximum atomic E-state index is 13.2. The molecule has 1 unspecified atom stereocenters. The van der Waals surface area contributed by atoms with Crippen LogP contribution in [-0.4, -0.2) is 9.97 Å². The minimum atomic E-state index is -0.391. The van der Waals surface area contributed by atoms with Crippen LogP contribution in [0.4, 0.5) is 4.39 Å². The van der Waals surface area contributed by atoms with Crippen molar-refractivity contribution in [2.24, 2.45) is 5.84 Å². The molecule has 2 rings (SSSR count). The summed E-state index contributed by atoms with van der Waals surface area (Å²) in [5, 5.41) is 0. The van der Waals surface area contributed by atoms with Crippen molar-refractivity contribution in [2.45, 2.75) is 19.9 Å². The Kier molecular flexibility index (Phi) is 3.64. The van der Waals surface area contributed by atoms with Crippen LogP contribution in [0.3, 0.4) is 0 Å². The van der Waals surface area contributed by atoms with E-state index < -0.39 is 5.82 Å². The molecule has 0 bridgehead atoms. The highest BCUT2D eigenvalue weighted by atomic mass is 19.1. The van der Waals surface area contributed by atoms with E-state index in [2.05, 4.69) is 15.4 Å². The Morgan fingerprint density at radius 1 is 1.22 bits per heavy atom. The van der Waals surface area contributed by atoms with Crippen molar-refractivity contribution < 1.29 is 4.39 Å². The highest BCUT2D eigenvalue weighted by Gasteiger charge is 2.17. The zero-order valence-corrected chi connectivity index (χ0v) is 10.3. The number of nitrogens with zero attached hydrogens (tertiary/aromatic N) is 2. The van der Waals surface area contributed by atoms with Gasteiger partial charge in [0.25, 0.3) is 0 Å². The van der Waals surface area contributed by atoms with Gasteiger partial charge in [-0.3, -0.25) is 15.8 Å². The number of hydrazine groups is 1. The predicted molar refractivity (Wildman–Crippen MR) is 67.1 cm³/mol. The SMILES string of the molecule is Cc1cnc(C(NN)c2cncc(F)c2)c(C)c1. The molecule has 0 aliphatic rings. The van der Waals surface area contributed by atoms with Crippen LogP contribution in [0, 0.1) is 19.7 Å². The first-order valence-electron chi connectivity index (χ1n) is 5.61. The van der Waals surface area contributed by atoms with Gasteiger partial charge in [-0.05, 0) is 36.6 Å². The summed E-state index contributed by atoms with van der Waals surface area (Å²) in [7, 11) is 0. The fraction of sp³-hybridized carbons (Fsp3) is 0.231. The average Bonchev–Trinajstić information content (AvgIpc) is 2.33. The van der Waals surface area contributed by atoms with Gasteiger partial charge in [0.15, 0.2) is 0 Å². The van der Waals surface area contributed by atoms with E-state index in [0.717, 1.165) is 23.0 Å². The lowest BCUT2D eigenvalue weighted by atomic mass is 10.0. The van der Waals surface area contributed by atoms with Crippen LogP contribution in [0.2, 0.25) is 0 Å². The van der Waals surface area contributed by atoms with Gasteiger partial charge in [0.05, 0.1) is 17.9 Å². The van der Waals surface area contributed by atoms with Crippen molar-refractivity contribution in [3.63, 3.8) is 0 Å². The molecule has 0 aromatic carbocycles. The number of rotatable bonds is 3. The standard InChI is InChI=1S/C13H15FN4/c1-8-3-9(2)12(17-5-8)13(18-15)10-4-11(14)7-16-6-10/h3-7,13,18H,15H2,1-2H3. The van der Waals surface area contributed by atoms with Crippen molar-refractivity contribution in [1.29, 1.82) is 0 Å². The molecule has 18 heavy (non-hydrogen) atoms. The van der Waals surface area contributed by atoms with E-state index >= 15 is 0 Å². The topological polar surface area (TPSA) is 63.8 Å². The van der Waals surface area contributed by atoms with Gasteiger partial charge in [0.1, 0.15) is 5.82 Å². The predicted octanol–water partition coefficient (Wildman–Crippen LogP) is 1.79. The van der Waals surface area contributed by atoms with Gasteiger partial charge in [-0.1, -0.05) is 6.07 Å². The minimum Gasteiger partial charge on any atom is -0.271 e. The smallest absolute Gasteiger partial charge is 0.141 e. The summed E-state index contributed by atoms with van der Waals surface area (Å²) in [5.74, 6) is 5.16. The van der Waals surface area contributed by atoms with Crippen molar-refractivity contribution in [3.8, 4) is 0 Å². The van der Waals surface area contributed by atoms with Crippen molar-refractivity contribution in [1.82, 2.24) is 15.4 Å². The van der Waals surface area contributed by atoms with E-state index in [4.69, 9.17) is 5.84 Å². The van der Waals surface area contributed by atoms with E-state index in [9.17, 15) is 4.39 Å².